The molecule has 1 aliphatic rings. The first-order chi connectivity index (χ1) is 7.91. The zero-order chi connectivity index (χ0) is 12.6. The summed E-state index contributed by atoms with van der Waals surface area (Å²) in [5, 5.41) is 13.4. The molecule has 0 amide bonds. The van der Waals surface area contributed by atoms with E-state index in [9.17, 15) is 13.9 Å². The van der Waals surface area contributed by atoms with Crippen LogP contribution >= 0.6 is 0 Å². The maximum Gasteiger partial charge on any atom is 0.208 e. The lowest BCUT2D eigenvalue weighted by Crippen LogP contribution is -2.58. The summed E-state index contributed by atoms with van der Waals surface area (Å²) in [4.78, 5) is 0. The summed E-state index contributed by atoms with van der Waals surface area (Å²) in [5.41, 5.74) is 0.0851. The first-order valence-corrected chi connectivity index (χ1v) is 5.51. The summed E-state index contributed by atoms with van der Waals surface area (Å²) in [5.74, 6) is -3.17. The van der Waals surface area contributed by atoms with Crippen LogP contribution in [0.1, 0.15) is 19.4 Å². The fourth-order valence-electron chi connectivity index (χ4n) is 2.06. The van der Waals surface area contributed by atoms with Crippen molar-refractivity contribution in [1.29, 1.82) is 0 Å². The second-order valence-electron chi connectivity index (χ2n) is 4.45. The van der Waals surface area contributed by atoms with E-state index < -0.39 is 23.5 Å². The topological polar surface area (TPSA) is 41.5 Å². The third kappa shape index (κ3) is 2.31. The van der Waals surface area contributed by atoms with E-state index in [1.807, 2.05) is 6.92 Å². The summed E-state index contributed by atoms with van der Waals surface area (Å²) in [6, 6.07) is 2.56. The maximum atomic E-state index is 13.1. The van der Waals surface area contributed by atoms with Crippen molar-refractivity contribution in [2.24, 2.45) is 0 Å². The van der Waals surface area contributed by atoms with Gasteiger partial charge in [-0.25, -0.2) is 8.78 Å². The molecule has 5 heteroatoms. The lowest BCUT2D eigenvalue weighted by Gasteiger charge is -2.41. The molecule has 94 valence electrons. The molecule has 0 aliphatic carbocycles. The van der Waals surface area contributed by atoms with E-state index in [0.29, 0.717) is 0 Å². The SMILES string of the molecule is CC1CO[C@](O)(c2cc(F)cc(F)c2)C(C)N1. The molecular weight excluding hydrogens is 228 g/mol. The van der Waals surface area contributed by atoms with Crippen LogP contribution in [0.15, 0.2) is 18.2 Å². The van der Waals surface area contributed by atoms with Crippen LogP contribution in [0.4, 0.5) is 8.78 Å². The number of hydrogen-bond acceptors (Lipinski definition) is 3. The Balaban J connectivity index is 2.37. The molecule has 1 heterocycles. The Hall–Kier alpha value is -1.04. The van der Waals surface area contributed by atoms with Gasteiger partial charge in [-0.2, -0.15) is 0 Å². The molecule has 1 aromatic carbocycles. The van der Waals surface area contributed by atoms with Crippen LogP contribution < -0.4 is 5.32 Å². The maximum absolute atomic E-state index is 13.1. The zero-order valence-corrected chi connectivity index (χ0v) is 9.71. The Morgan fingerprint density at radius 1 is 1.29 bits per heavy atom. The van der Waals surface area contributed by atoms with Crippen molar-refractivity contribution in [3.8, 4) is 0 Å². The largest absolute Gasteiger partial charge is 0.361 e. The lowest BCUT2D eigenvalue weighted by atomic mass is 9.96. The molecule has 0 bridgehead atoms. The molecule has 2 N–H and O–H groups in total. The van der Waals surface area contributed by atoms with Gasteiger partial charge < -0.3 is 15.2 Å². The summed E-state index contributed by atoms with van der Waals surface area (Å²) in [6.07, 6.45) is 0. The average Bonchev–Trinajstić information content (AvgIpc) is 2.22. The Morgan fingerprint density at radius 3 is 2.41 bits per heavy atom. The molecule has 0 aromatic heterocycles. The Labute approximate surface area is 98.4 Å². The molecule has 1 aliphatic heterocycles. The highest BCUT2D eigenvalue weighted by molar-refractivity contribution is 5.24. The first-order valence-electron chi connectivity index (χ1n) is 5.51. The molecule has 2 rings (SSSR count). The zero-order valence-electron chi connectivity index (χ0n) is 9.71. The number of rotatable bonds is 1. The molecule has 1 aromatic rings. The van der Waals surface area contributed by atoms with Crippen molar-refractivity contribution in [3.05, 3.63) is 35.4 Å². The second-order valence-corrected chi connectivity index (χ2v) is 4.45. The number of ether oxygens (including phenoxy) is 1. The fraction of sp³-hybridized carbons (Fsp3) is 0.500. The summed E-state index contributed by atoms with van der Waals surface area (Å²) in [6.45, 7) is 3.89. The second kappa shape index (κ2) is 4.33. The van der Waals surface area contributed by atoms with E-state index in [1.165, 1.54) is 0 Å². The number of morpholine rings is 1. The normalized spacial score (nSPS) is 33.7. The van der Waals surface area contributed by atoms with Gasteiger partial charge in [-0.15, -0.1) is 0 Å². The highest BCUT2D eigenvalue weighted by Crippen LogP contribution is 2.30. The highest BCUT2D eigenvalue weighted by atomic mass is 19.1. The van der Waals surface area contributed by atoms with Crippen molar-refractivity contribution in [2.45, 2.75) is 31.7 Å². The van der Waals surface area contributed by atoms with Crippen molar-refractivity contribution in [3.63, 3.8) is 0 Å². The van der Waals surface area contributed by atoms with Gasteiger partial charge in [0.15, 0.2) is 0 Å². The standard InChI is InChI=1S/C12H15F2NO2/c1-7-6-17-12(16,8(2)15-7)9-3-10(13)5-11(14)4-9/h3-5,7-8,15-16H,6H2,1-2H3/t7?,8?,12-/m0/s1. The predicted molar refractivity (Wildman–Crippen MR) is 58.3 cm³/mol. The van der Waals surface area contributed by atoms with E-state index in [4.69, 9.17) is 4.74 Å². The molecule has 1 saturated heterocycles. The van der Waals surface area contributed by atoms with Gasteiger partial charge in [0.05, 0.1) is 12.6 Å². The Bertz CT molecular complexity index is 407. The van der Waals surface area contributed by atoms with E-state index >= 15 is 0 Å². The minimum atomic E-state index is -1.70. The third-order valence-corrected chi connectivity index (χ3v) is 2.95. The van der Waals surface area contributed by atoms with E-state index in [0.717, 1.165) is 18.2 Å². The molecule has 1 fully saturated rings. The number of halogens is 2. The van der Waals surface area contributed by atoms with Crippen LogP contribution in [-0.2, 0) is 10.5 Å². The Kier molecular flexibility index (Phi) is 3.16. The van der Waals surface area contributed by atoms with Gasteiger partial charge in [0.2, 0.25) is 5.79 Å². The molecule has 0 saturated carbocycles. The summed E-state index contributed by atoms with van der Waals surface area (Å²) < 4.78 is 31.6. The van der Waals surface area contributed by atoms with Gasteiger partial charge >= 0.3 is 0 Å². The van der Waals surface area contributed by atoms with Gasteiger partial charge in [0.25, 0.3) is 0 Å². The molecule has 17 heavy (non-hydrogen) atoms. The van der Waals surface area contributed by atoms with Crippen molar-refractivity contribution >= 4 is 0 Å². The van der Waals surface area contributed by atoms with Crippen LogP contribution in [0.25, 0.3) is 0 Å². The van der Waals surface area contributed by atoms with Crippen LogP contribution in [-0.4, -0.2) is 23.8 Å². The molecule has 0 radical (unpaired) electrons. The minimum Gasteiger partial charge on any atom is -0.361 e. The number of benzene rings is 1. The van der Waals surface area contributed by atoms with Crippen molar-refractivity contribution in [1.82, 2.24) is 5.32 Å². The van der Waals surface area contributed by atoms with Gasteiger partial charge in [-0.1, -0.05) is 0 Å². The monoisotopic (exact) mass is 243 g/mol. The number of hydrogen-bond donors (Lipinski definition) is 2. The molecule has 2 unspecified atom stereocenters. The molecule has 0 spiro atoms. The number of nitrogens with one attached hydrogen (secondary N) is 1. The highest BCUT2D eigenvalue weighted by Gasteiger charge is 2.41. The molecule has 3 nitrogen and oxygen atoms in total. The van der Waals surface area contributed by atoms with Gasteiger partial charge in [0.1, 0.15) is 11.6 Å². The van der Waals surface area contributed by atoms with Crippen molar-refractivity contribution in [2.75, 3.05) is 6.61 Å². The van der Waals surface area contributed by atoms with E-state index in [1.54, 1.807) is 6.92 Å². The summed E-state index contributed by atoms with van der Waals surface area (Å²) in [7, 11) is 0. The van der Waals surface area contributed by atoms with Crippen molar-refractivity contribution < 1.29 is 18.6 Å². The van der Waals surface area contributed by atoms with Crippen LogP contribution in [0.3, 0.4) is 0 Å². The number of aliphatic hydroxyl groups is 1. The summed E-state index contributed by atoms with van der Waals surface area (Å²) >= 11 is 0. The lowest BCUT2D eigenvalue weighted by molar-refractivity contribution is -0.253. The van der Waals surface area contributed by atoms with Crippen LogP contribution in [0.2, 0.25) is 0 Å². The van der Waals surface area contributed by atoms with Gasteiger partial charge in [0, 0.05) is 17.7 Å². The predicted octanol–water partition coefficient (Wildman–Crippen LogP) is 1.51. The van der Waals surface area contributed by atoms with Crippen LogP contribution in [0.5, 0.6) is 0 Å². The first kappa shape index (κ1) is 12.4. The average molecular weight is 243 g/mol. The smallest absolute Gasteiger partial charge is 0.208 e. The molecule has 3 atom stereocenters. The Morgan fingerprint density at radius 2 is 1.88 bits per heavy atom. The van der Waals surface area contributed by atoms with Crippen LogP contribution in [0, 0.1) is 11.6 Å². The van der Waals surface area contributed by atoms with E-state index in [2.05, 4.69) is 5.32 Å². The minimum absolute atomic E-state index is 0.0851. The van der Waals surface area contributed by atoms with E-state index in [-0.39, 0.29) is 18.2 Å². The fourth-order valence-corrected chi connectivity index (χ4v) is 2.06. The molecular formula is C12H15F2NO2. The van der Waals surface area contributed by atoms with Gasteiger partial charge in [-0.05, 0) is 26.0 Å². The quantitative estimate of drug-likeness (QED) is 0.785. The van der Waals surface area contributed by atoms with Gasteiger partial charge in [-0.3, -0.25) is 0 Å². The third-order valence-electron chi connectivity index (χ3n) is 2.95.